The zero-order valence-electron chi connectivity index (χ0n) is 15.1. The summed E-state index contributed by atoms with van der Waals surface area (Å²) in [5.41, 5.74) is 0.569. The molecule has 0 saturated carbocycles. The van der Waals surface area contributed by atoms with Crippen LogP contribution >= 0.6 is 0 Å². The maximum absolute atomic E-state index is 12.3. The number of nitrogens with one attached hydrogen (secondary N) is 1. The van der Waals surface area contributed by atoms with Gasteiger partial charge in [0.1, 0.15) is 5.76 Å². The average molecular weight is 391 g/mol. The van der Waals surface area contributed by atoms with Crippen LogP contribution in [-0.2, 0) is 26.2 Å². The van der Waals surface area contributed by atoms with Gasteiger partial charge in [-0.3, -0.25) is 9.59 Å². The van der Waals surface area contributed by atoms with Gasteiger partial charge in [-0.2, -0.15) is 0 Å². The molecule has 1 aromatic carbocycles. The summed E-state index contributed by atoms with van der Waals surface area (Å²) in [6.07, 6.45) is 1.64. The van der Waals surface area contributed by atoms with Crippen molar-refractivity contribution in [1.82, 2.24) is 9.62 Å². The lowest BCUT2D eigenvalue weighted by Crippen LogP contribution is -2.32. The second kappa shape index (κ2) is 7.53. The highest BCUT2D eigenvalue weighted by molar-refractivity contribution is 7.89. The molecule has 1 N–H and O–H groups in total. The minimum atomic E-state index is -3.53. The second-order valence-corrected chi connectivity index (χ2v) is 8.64. The molecule has 1 aliphatic heterocycles. The molecule has 2 heterocycles. The molecule has 27 heavy (non-hydrogen) atoms. The van der Waals surface area contributed by atoms with Crippen LogP contribution in [0.1, 0.15) is 12.2 Å². The fourth-order valence-corrected chi connectivity index (χ4v) is 3.78. The Morgan fingerprint density at radius 1 is 1.26 bits per heavy atom. The third-order valence-corrected chi connectivity index (χ3v) is 6.27. The number of nitrogens with zero attached hydrogens (tertiary/aromatic N) is 2. The summed E-state index contributed by atoms with van der Waals surface area (Å²) in [5.74, 6) is -0.203. The van der Waals surface area contributed by atoms with Crippen LogP contribution in [0.3, 0.4) is 0 Å². The predicted molar refractivity (Wildman–Crippen MR) is 98.3 cm³/mol. The largest absolute Gasteiger partial charge is 0.467 e. The van der Waals surface area contributed by atoms with Crippen molar-refractivity contribution in [3.8, 4) is 0 Å². The molecule has 144 valence electrons. The maximum Gasteiger partial charge on any atom is 0.242 e. The standard InChI is InChI=1S/C18H21N3O5S/c1-20(2)27(24,25)16-7-5-14(6-8-16)21-12-13(10-17(21)22)18(23)19-11-15-4-3-9-26-15/h3-9,13H,10-12H2,1-2H3,(H,19,23). The van der Waals surface area contributed by atoms with E-state index in [-0.39, 0.29) is 36.2 Å². The number of hydrogen-bond donors (Lipinski definition) is 1. The average Bonchev–Trinajstić information content (AvgIpc) is 3.29. The van der Waals surface area contributed by atoms with Gasteiger partial charge in [0.15, 0.2) is 0 Å². The summed E-state index contributed by atoms with van der Waals surface area (Å²) in [5, 5.41) is 2.76. The number of furan rings is 1. The minimum absolute atomic E-state index is 0.113. The van der Waals surface area contributed by atoms with Crippen molar-refractivity contribution < 1.29 is 22.4 Å². The topological polar surface area (TPSA) is 99.9 Å². The fourth-order valence-electron chi connectivity index (χ4n) is 2.87. The molecule has 3 rings (SSSR count). The fraction of sp³-hybridized carbons (Fsp3) is 0.333. The number of hydrogen-bond acceptors (Lipinski definition) is 5. The van der Waals surface area contributed by atoms with Crippen LogP contribution in [0.4, 0.5) is 5.69 Å². The Balaban J connectivity index is 1.66. The SMILES string of the molecule is CN(C)S(=O)(=O)c1ccc(N2CC(C(=O)NCc3ccco3)CC2=O)cc1. The number of anilines is 1. The number of rotatable bonds is 6. The van der Waals surface area contributed by atoms with Gasteiger partial charge in [-0.1, -0.05) is 0 Å². The first-order chi connectivity index (χ1) is 12.8. The van der Waals surface area contributed by atoms with Crippen molar-refractivity contribution in [2.45, 2.75) is 17.9 Å². The Bertz CT molecular complexity index is 920. The molecule has 1 fully saturated rings. The summed E-state index contributed by atoms with van der Waals surface area (Å²) >= 11 is 0. The van der Waals surface area contributed by atoms with Gasteiger partial charge in [0.25, 0.3) is 0 Å². The summed E-state index contributed by atoms with van der Waals surface area (Å²) in [4.78, 5) is 26.3. The number of benzene rings is 1. The van der Waals surface area contributed by atoms with Crippen molar-refractivity contribution in [3.63, 3.8) is 0 Å². The molecule has 8 nitrogen and oxygen atoms in total. The highest BCUT2D eigenvalue weighted by Crippen LogP contribution is 2.27. The van der Waals surface area contributed by atoms with Crippen LogP contribution in [0.25, 0.3) is 0 Å². The third kappa shape index (κ3) is 4.04. The molecule has 2 aromatic rings. The van der Waals surface area contributed by atoms with Gasteiger partial charge < -0.3 is 14.6 Å². The van der Waals surface area contributed by atoms with Crippen LogP contribution < -0.4 is 10.2 Å². The molecule has 1 aromatic heterocycles. The first kappa shape index (κ1) is 19.1. The number of amides is 2. The Labute approximate surface area is 157 Å². The Morgan fingerprint density at radius 3 is 2.56 bits per heavy atom. The molecule has 1 aliphatic rings. The lowest BCUT2D eigenvalue weighted by molar-refractivity contribution is -0.126. The normalized spacial score (nSPS) is 17.5. The lowest BCUT2D eigenvalue weighted by atomic mass is 10.1. The first-order valence-electron chi connectivity index (χ1n) is 8.42. The predicted octanol–water partition coefficient (Wildman–Crippen LogP) is 1.20. The van der Waals surface area contributed by atoms with Gasteiger partial charge >= 0.3 is 0 Å². The van der Waals surface area contributed by atoms with E-state index in [1.54, 1.807) is 24.3 Å². The number of carbonyl (C=O) groups is 2. The smallest absolute Gasteiger partial charge is 0.242 e. The monoisotopic (exact) mass is 391 g/mol. The second-order valence-electron chi connectivity index (χ2n) is 6.48. The van der Waals surface area contributed by atoms with Gasteiger partial charge in [-0.15, -0.1) is 0 Å². The Morgan fingerprint density at radius 2 is 1.96 bits per heavy atom. The first-order valence-corrected chi connectivity index (χ1v) is 9.86. The molecule has 9 heteroatoms. The summed E-state index contributed by atoms with van der Waals surface area (Å²) in [6, 6.07) is 9.58. The molecular formula is C18H21N3O5S. The number of carbonyl (C=O) groups excluding carboxylic acids is 2. The minimum Gasteiger partial charge on any atom is -0.467 e. The third-order valence-electron chi connectivity index (χ3n) is 4.44. The van der Waals surface area contributed by atoms with Crippen LogP contribution in [0.5, 0.6) is 0 Å². The molecule has 2 amide bonds. The summed E-state index contributed by atoms with van der Waals surface area (Å²) in [6.45, 7) is 0.524. The van der Waals surface area contributed by atoms with Crippen molar-refractivity contribution in [1.29, 1.82) is 0 Å². The summed E-state index contributed by atoms with van der Waals surface area (Å²) < 4.78 is 30.5. The number of sulfonamides is 1. The molecule has 0 bridgehead atoms. The van der Waals surface area contributed by atoms with E-state index in [0.717, 1.165) is 4.31 Å². The van der Waals surface area contributed by atoms with E-state index in [1.165, 1.54) is 37.4 Å². The van der Waals surface area contributed by atoms with E-state index in [9.17, 15) is 18.0 Å². The van der Waals surface area contributed by atoms with Crippen molar-refractivity contribution in [3.05, 3.63) is 48.4 Å². The van der Waals surface area contributed by atoms with Crippen LogP contribution in [0.2, 0.25) is 0 Å². The van der Waals surface area contributed by atoms with Crippen molar-refractivity contribution in [2.75, 3.05) is 25.5 Å². The van der Waals surface area contributed by atoms with E-state index in [0.29, 0.717) is 11.4 Å². The Hall–Kier alpha value is -2.65. The molecule has 0 aliphatic carbocycles. The summed E-state index contributed by atoms with van der Waals surface area (Å²) in [7, 11) is -0.612. The Kier molecular flexibility index (Phi) is 5.33. The molecule has 0 spiro atoms. The van der Waals surface area contributed by atoms with E-state index < -0.39 is 15.9 Å². The quantitative estimate of drug-likeness (QED) is 0.798. The van der Waals surface area contributed by atoms with Crippen LogP contribution in [-0.4, -0.2) is 45.2 Å². The molecule has 1 atom stereocenters. The maximum atomic E-state index is 12.3. The van der Waals surface area contributed by atoms with Gasteiger partial charge in [-0.25, -0.2) is 12.7 Å². The molecule has 1 saturated heterocycles. The van der Waals surface area contributed by atoms with Crippen molar-refractivity contribution in [2.24, 2.45) is 5.92 Å². The van der Waals surface area contributed by atoms with Crippen LogP contribution in [0, 0.1) is 5.92 Å². The lowest BCUT2D eigenvalue weighted by Gasteiger charge is -2.18. The van der Waals surface area contributed by atoms with Gasteiger partial charge in [-0.05, 0) is 36.4 Å². The molecule has 1 unspecified atom stereocenters. The zero-order chi connectivity index (χ0) is 19.6. The van der Waals surface area contributed by atoms with E-state index in [1.807, 2.05) is 0 Å². The van der Waals surface area contributed by atoms with Gasteiger partial charge in [0.2, 0.25) is 21.8 Å². The van der Waals surface area contributed by atoms with E-state index >= 15 is 0 Å². The van der Waals surface area contributed by atoms with Gasteiger partial charge in [0.05, 0.1) is 23.6 Å². The molecule has 0 radical (unpaired) electrons. The van der Waals surface area contributed by atoms with Gasteiger partial charge in [0, 0.05) is 32.7 Å². The van der Waals surface area contributed by atoms with E-state index in [4.69, 9.17) is 4.42 Å². The highest BCUT2D eigenvalue weighted by Gasteiger charge is 2.35. The van der Waals surface area contributed by atoms with E-state index in [2.05, 4.69) is 5.32 Å². The zero-order valence-corrected chi connectivity index (χ0v) is 15.9. The highest BCUT2D eigenvalue weighted by atomic mass is 32.2. The van der Waals surface area contributed by atoms with Crippen LogP contribution in [0.15, 0.2) is 52.0 Å². The van der Waals surface area contributed by atoms with Crippen molar-refractivity contribution >= 4 is 27.5 Å². The molecular weight excluding hydrogens is 370 g/mol.